The largest absolute Gasteiger partial charge is 0.414 e. The summed E-state index contributed by atoms with van der Waals surface area (Å²) in [5, 5.41) is 13.7. The van der Waals surface area contributed by atoms with Crippen molar-refractivity contribution in [1.29, 1.82) is 0 Å². The molecule has 2 amide bonds. The normalized spacial score (nSPS) is 10.6. The van der Waals surface area contributed by atoms with Gasteiger partial charge in [-0.1, -0.05) is 30.0 Å². The number of anilines is 1. The van der Waals surface area contributed by atoms with E-state index in [-0.39, 0.29) is 18.4 Å². The van der Waals surface area contributed by atoms with Crippen molar-refractivity contribution in [2.24, 2.45) is 0 Å². The first-order valence-electron chi connectivity index (χ1n) is 9.63. The number of hydrogen-bond acceptors (Lipinski definition) is 6. The molecule has 0 radical (unpaired) electrons. The average molecular weight is 427 g/mol. The van der Waals surface area contributed by atoms with E-state index in [0.29, 0.717) is 28.8 Å². The Labute approximate surface area is 179 Å². The highest BCUT2D eigenvalue weighted by molar-refractivity contribution is 7.98. The van der Waals surface area contributed by atoms with Gasteiger partial charge in [0.05, 0.1) is 17.8 Å². The Kier molecular flexibility index (Phi) is 7.96. The standard InChI is InChI=1S/C21H23N5O3S/c1-30-21-25-24-19(29-21)15-22-20(28)16-9-3-4-10-17(16)23-18(27)11-5-8-14-26-12-6-2-7-13-26/h2-4,6-7,9-10,12-13H,5,8,11,14-15H2,1H3,(H-,22,23,27,28)/p+1. The van der Waals surface area contributed by atoms with E-state index in [9.17, 15) is 9.59 Å². The molecule has 30 heavy (non-hydrogen) atoms. The second kappa shape index (κ2) is 11.1. The Morgan fingerprint density at radius 1 is 1.07 bits per heavy atom. The van der Waals surface area contributed by atoms with E-state index in [1.54, 1.807) is 24.3 Å². The summed E-state index contributed by atoms with van der Waals surface area (Å²) in [6.45, 7) is 0.979. The lowest BCUT2D eigenvalue weighted by molar-refractivity contribution is -0.697. The van der Waals surface area contributed by atoms with Gasteiger partial charge in [-0.3, -0.25) is 9.59 Å². The smallest absolute Gasteiger partial charge is 0.276 e. The van der Waals surface area contributed by atoms with Gasteiger partial charge in [0.25, 0.3) is 11.1 Å². The lowest BCUT2D eigenvalue weighted by atomic mass is 10.1. The van der Waals surface area contributed by atoms with E-state index in [1.807, 2.05) is 36.8 Å². The highest BCUT2D eigenvalue weighted by atomic mass is 32.2. The van der Waals surface area contributed by atoms with Gasteiger partial charge in [0, 0.05) is 25.0 Å². The van der Waals surface area contributed by atoms with Gasteiger partial charge < -0.3 is 15.1 Å². The molecular formula is C21H24N5O3S+. The Balaban J connectivity index is 1.48. The van der Waals surface area contributed by atoms with E-state index in [4.69, 9.17) is 4.42 Å². The molecule has 0 aliphatic heterocycles. The van der Waals surface area contributed by atoms with Crippen molar-refractivity contribution in [2.75, 3.05) is 11.6 Å². The van der Waals surface area contributed by atoms with Gasteiger partial charge in [-0.2, -0.15) is 0 Å². The van der Waals surface area contributed by atoms with Crippen LogP contribution in [0.15, 0.2) is 64.5 Å². The predicted octanol–water partition coefficient (Wildman–Crippen LogP) is 2.82. The number of amides is 2. The van der Waals surface area contributed by atoms with E-state index in [2.05, 4.69) is 25.4 Å². The molecular weight excluding hydrogens is 402 g/mol. The summed E-state index contributed by atoms with van der Waals surface area (Å²) in [6.07, 6.45) is 7.89. The molecule has 3 rings (SSSR count). The number of unbranched alkanes of at least 4 members (excludes halogenated alkanes) is 1. The van der Waals surface area contributed by atoms with Gasteiger partial charge in [0.1, 0.15) is 6.54 Å². The summed E-state index contributed by atoms with van der Waals surface area (Å²) in [5.41, 5.74) is 0.864. The molecule has 0 aliphatic rings. The third kappa shape index (κ3) is 6.41. The van der Waals surface area contributed by atoms with Crippen molar-refractivity contribution < 1.29 is 18.6 Å². The molecule has 0 fully saturated rings. The zero-order chi connectivity index (χ0) is 21.2. The molecule has 2 N–H and O–H groups in total. The minimum absolute atomic E-state index is 0.116. The number of carbonyl (C=O) groups excluding carboxylic acids is 2. The van der Waals surface area contributed by atoms with Gasteiger partial charge in [0.2, 0.25) is 11.8 Å². The number of hydrogen-bond donors (Lipinski definition) is 2. The quantitative estimate of drug-likeness (QED) is 0.294. The summed E-state index contributed by atoms with van der Waals surface area (Å²) < 4.78 is 7.44. The molecule has 0 unspecified atom stereocenters. The number of rotatable bonds is 10. The lowest BCUT2D eigenvalue weighted by Crippen LogP contribution is -2.32. The first-order valence-corrected chi connectivity index (χ1v) is 10.9. The molecule has 9 heteroatoms. The highest BCUT2D eigenvalue weighted by Gasteiger charge is 2.14. The summed E-state index contributed by atoms with van der Waals surface area (Å²) in [5.74, 6) is -0.115. The van der Waals surface area contributed by atoms with Crippen molar-refractivity contribution in [1.82, 2.24) is 15.5 Å². The van der Waals surface area contributed by atoms with E-state index < -0.39 is 0 Å². The molecule has 0 aliphatic carbocycles. The Bertz CT molecular complexity index is 978. The van der Waals surface area contributed by atoms with Crippen LogP contribution in [-0.2, 0) is 17.9 Å². The number of pyridine rings is 1. The zero-order valence-corrected chi connectivity index (χ0v) is 17.5. The third-order valence-electron chi connectivity index (χ3n) is 4.32. The molecule has 1 aromatic carbocycles. The lowest BCUT2D eigenvalue weighted by Gasteiger charge is -2.10. The van der Waals surface area contributed by atoms with Gasteiger partial charge in [-0.15, -0.1) is 10.2 Å². The van der Waals surface area contributed by atoms with Gasteiger partial charge >= 0.3 is 0 Å². The maximum absolute atomic E-state index is 12.6. The fourth-order valence-electron chi connectivity index (χ4n) is 2.81. The zero-order valence-electron chi connectivity index (χ0n) is 16.7. The number of carbonyl (C=O) groups is 2. The van der Waals surface area contributed by atoms with Crippen molar-refractivity contribution in [2.45, 2.75) is 37.6 Å². The monoisotopic (exact) mass is 426 g/mol. The fourth-order valence-corrected chi connectivity index (χ4v) is 3.11. The molecule has 0 saturated heterocycles. The molecule has 156 valence electrons. The highest BCUT2D eigenvalue weighted by Crippen LogP contribution is 2.16. The number of aryl methyl sites for hydroxylation is 1. The number of aromatic nitrogens is 3. The Hall–Kier alpha value is -3.20. The fraction of sp³-hybridized carbons (Fsp3) is 0.286. The number of thioether (sulfide) groups is 1. The van der Waals surface area contributed by atoms with Crippen LogP contribution in [0.1, 0.15) is 35.5 Å². The van der Waals surface area contributed by atoms with Gasteiger partial charge in [-0.25, -0.2) is 4.57 Å². The third-order valence-corrected chi connectivity index (χ3v) is 4.83. The molecule has 0 spiro atoms. The Morgan fingerprint density at radius 2 is 1.87 bits per heavy atom. The van der Waals surface area contributed by atoms with E-state index in [0.717, 1.165) is 19.4 Å². The molecule has 0 bridgehead atoms. The molecule has 2 aromatic heterocycles. The van der Waals surface area contributed by atoms with Gasteiger partial charge in [0.15, 0.2) is 12.4 Å². The van der Waals surface area contributed by atoms with Crippen molar-refractivity contribution in [3.05, 3.63) is 66.3 Å². The predicted molar refractivity (Wildman–Crippen MR) is 113 cm³/mol. The van der Waals surface area contributed by atoms with Crippen LogP contribution in [-0.4, -0.2) is 28.3 Å². The van der Waals surface area contributed by atoms with Crippen molar-refractivity contribution >= 4 is 29.3 Å². The van der Waals surface area contributed by atoms with Crippen molar-refractivity contribution in [3.63, 3.8) is 0 Å². The number of para-hydroxylation sites is 1. The molecule has 8 nitrogen and oxygen atoms in total. The second-order valence-corrected chi connectivity index (χ2v) is 7.27. The van der Waals surface area contributed by atoms with Crippen LogP contribution in [0.2, 0.25) is 0 Å². The molecule has 0 atom stereocenters. The molecule has 2 heterocycles. The summed E-state index contributed by atoms with van der Waals surface area (Å²) in [6, 6.07) is 12.8. The van der Waals surface area contributed by atoms with Crippen LogP contribution in [0.4, 0.5) is 5.69 Å². The van der Waals surface area contributed by atoms with Crippen LogP contribution in [0.3, 0.4) is 0 Å². The number of nitrogens with one attached hydrogen (secondary N) is 2. The van der Waals surface area contributed by atoms with E-state index >= 15 is 0 Å². The maximum Gasteiger partial charge on any atom is 0.276 e. The first kappa shape index (κ1) is 21.5. The second-order valence-electron chi connectivity index (χ2n) is 6.51. The summed E-state index contributed by atoms with van der Waals surface area (Å²) >= 11 is 1.33. The molecule has 3 aromatic rings. The molecule has 0 saturated carbocycles. The Morgan fingerprint density at radius 3 is 2.63 bits per heavy atom. The van der Waals surface area contributed by atoms with Crippen LogP contribution < -0.4 is 15.2 Å². The minimum Gasteiger partial charge on any atom is -0.414 e. The van der Waals surface area contributed by atoms with Crippen LogP contribution in [0.5, 0.6) is 0 Å². The first-order chi connectivity index (χ1) is 14.7. The SMILES string of the molecule is CSc1nnc(CNC(=O)c2ccccc2NC(=O)CCCC[n+]2ccccc2)o1. The van der Waals surface area contributed by atoms with Crippen LogP contribution >= 0.6 is 11.8 Å². The number of benzene rings is 1. The number of nitrogens with zero attached hydrogens (tertiary/aromatic N) is 3. The summed E-state index contributed by atoms with van der Waals surface area (Å²) in [4.78, 5) is 24.9. The van der Waals surface area contributed by atoms with Crippen LogP contribution in [0.25, 0.3) is 0 Å². The van der Waals surface area contributed by atoms with Crippen LogP contribution in [0, 0.1) is 0 Å². The summed E-state index contributed by atoms with van der Waals surface area (Å²) in [7, 11) is 0. The topological polar surface area (TPSA) is 101 Å². The van der Waals surface area contributed by atoms with Gasteiger partial charge in [-0.05, 0) is 24.8 Å². The van der Waals surface area contributed by atoms with Crippen molar-refractivity contribution in [3.8, 4) is 0 Å². The maximum atomic E-state index is 12.6. The average Bonchev–Trinajstić information content (AvgIpc) is 3.24. The minimum atomic E-state index is -0.324. The van der Waals surface area contributed by atoms with E-state index in [1.165, 1.54) is 11.8 Å².